The van der Waals surface area contributed by atoms with Crippen molar-refractivity contribution in [2.45, 2.75) is 25.9 Å². The number of nitrogens with zero attached hydrogens (tertiary/aromatic N) is 1. The summed E-state index contributed by atoms with van der Waals surface area (Å²) in [5.41, 5.74) is 3.58. The molecule has 3 aromatic rings. The molecule has 0 spiro atoms. The number of aromatic amines is 2. The van der Waals surface area contributed by atoms with E-state index >= 15 is 0 Å². The van der Waals surface area contributed by atoms with Gasteiger partial charge in [0.05, 0.1) is 34.5 Å². The average molecular weight is 392 g/mol. The molecule has 0 aliphatic heterocycles. The molecule has 0 saturated carbocycles. The normalized spacial score (nSPS) is 11.1. The van der Waals surface area contributed by atoms with E-state index in [1.165, 1.54) is 11.8 Å². The van der Waals surface area contributed by atoms with Gasteiger partial charge in [0.15, 0.2) is 10.9 Å². The number of aromatic nitrogens is 3. The highest BCUT2D eigenvalue weighted by atomic mass is 35.5. The topological polar surface area (TPSA) is 87.8 Å². The van der Waals surface area contributed by atoms with Crippen LogP contribution in [-0.2, 0) is 4.74 Å². The minimum atomic E-state index is -0.485. The zero-order valence-electron chi connectivity index (χ0n) is 14.6. The van der Waals surface area contributed by atoms with Crippen molar-refractivity contribution in [1.29, 1.82) is 0 Å². The van der Waals surface area contributed by atoms with Gasteiger partial charge < -0.3 is 14.7 Å². The van der Waals surface area contributed by atoms with E-state index in [4.69, 9.17) is 16.3 Å². The molecular formula is C18H18ClN3O3S. The van der Waals surface area contributed by atoms with Crippen LogP contribution < -0.4 is 0 Å². The number of esters is 1. The Morgan fingerprint density at radius 1 is 1.19 bits per heavy atom. The van der Waals surface area contributed by atoms with Crippen LogP contribution in [-0.4, -0.2) is 39.1 Å². The monoisotopic (exact) mass is 391 g/mol. The Morgan fingerprint density at radius 3 is 2.65 bits per heavy atom. The molecule has 1 aromatic carbocycles. The van der Waals surface area contributed by atoms with Crippen molar-refractivity contribution in [2.24, 2.45) is 0 Å². The third-order valence-electron chi connectivity index (χ3n) is 3.90. The molecule has 0 unspecified atom stereocenters. The van der Waals surface area contributed by atoms with E-state index in [1.54, 1.807) is 32.9 Å². The van der Waals surface area contributed by atoms with E-state index in [0.29, 0.717) is 32.7 Å². The molecule has 3 rings (SSSR count). The molecule has 136 valence electrons. The maximum Gasteiger partial charge on any atom is 0.340 e. The van der Waals surface area contributed by atoms with E-state index in [2.05, 4.69) is 15.0 Å². The second-order valence-corrected chi connectivity index (χ2v) is 7.16. The number of ether oxygens (including phenoxy) is 1. The first kappa shape index (κ1) is 18.5. The number of thioether (sulfide) groups is 1. The first-order valence-electron chi connectivity index (χ1n) is 8.08. The Morgan fingerprint density at radius 2 is 1.92 bits per heavy atom. The molecule has 0 amide bonds. The van der Waals surface area contributed by atoms with Crippen molar-refractivity contribution in [2.75, 3.05) is 12.4 Å². The first-order valence-corrected chi connectivity index (χ1v) is 9.44. The maximum absolute atomic E-state index is 12.7. The highest BCUT2D eigenvalue weighted by Gasteiger charge is 2.25. The second kappa shape index (κ2) is 7.55. The van der Waals surface area contributed by atoms with Crippen molar-refractivity contribution in [3.05, 3.63) is 45.7 Å². The third kappa shape index (κ3) is 3.64. The summed E-state index contributed by atoms with van der Waals surface area (Å²) in [5.74, 6) is -0.488. The van der Waals surface area contributed by atoms with Gasteiger partial charge in [-0.2, -0.15) is 0 Å². The van der Waals surface area contributed by atoms with E-state index in [9.17, 15) is 9.59 Å². The number of Topliss-reactive ketones (excluding diaryl/α,β-unsaturated/α-hetero) is 1. The van der Waals surface area contributed by atoms with Crippen molar-refractivity contribution < 1.29 is 14.3 Å². The molecule has 0 bridgehead atoms. The lowest BCUT2D eigenvalue weighted by Gasteiger charge is -2.05. The number of ketones is 1. The molecule has 0 radical (unpaired) electrons. The summed E-state index contributed by atoms with van der Waals surface area (Å²) < 4.78 is 5.08. The molecule has 8 heteroatoms. The fraction of sp³-hybridized carbons (Fsp3) is 0.278. The number of aryl methyl sites for hydroxylation is 2. The van der Waals surface area contributed by atoms with Gasteiger partial charge in [0.2, 0.25) is 0 Å². The Labute approximate surface area is 159 Å². The number of benzene rings is 1. The third-order valence-corrected chi connectivity index (χ3v) is 5.00. The minimum Gasteiger partial charge on any atom is -0.462 e. The minimum absolute atomic E-state index is 0.151. The molecule has 0 fully saturated rings. The van der Waals surface area contributed by atoms with Gasteiger partial charge in [-0.05, 0) is 39.0 Å². The number of carbonyl (C=O) groups excluding carboxylic acids is 2. The lowest BCUT2D eigenvalue weighted by atomic mass is 10.1. The Kier molecular flexibility index (Phi) is 5.38. The molecule has 6 nitrogen and oxygen atoms in total. The van der Waals surface area contributed by atoms with E-state index in [1.807, 2.05) is 6.07 Å². The van der Waals surface area contributed by atoms with Crippen LogP contribution in [0, 0.1) is 13.8 Å². The number of hydrogen-bond donors (Lipinski definition) is 2. The molecule has 26 heavy (non-hydrogen) atoms. The average Bonchev–Trinajstić information content (AvgIpc) is 3.12. The van der Waals surface area contributed by atoms with Gasteiger partial charge in [-0.25, -0.2) is 9.78 Å². The summed E-state index contributed by atoms with van der Waals surface area (Å²) in [6.45, 7) is 5.52. The highest BCUT2D eigenvalue weighted by molar-refractivity contribution is 7.99. The summed E-state index contributed by atoms with van der Waals surface area (Å²) in [6.07, 6.45) is 0. The van der Waals surface area contributed by atoms with Crippen molar-refractivity contribution in [3.63, 3.8) is 0 Å². The molecule has 2 aromatic heterocycles. The smallest absolute Gasteiger partial charge is 0.340 e. The Hall–Kier alpha value is -2.25. The van der Waals surface area contributed by atoms with Gasteiger partial charge in [-0.3, -0.25) is 4.79 Å². The second-order valence-electron chi connectivity index (χ2n) is 5.76. The first-order chi connectivity index (χ1) is 12.4. The fourth-order valence-corrected chi connectivity index (χ4v) is 3.75. The van der Waals surface area contributed by atoms with Crippen LogP contribution in [0.1, 0.15) is 39.0 Å². The van der Waals surface area contributed by atoms with E-state index < -0.39 is 5.97 Å². The highest BCUT2D eigenvalue weighted by Crippen LogP contribution is 2.25. The predicted octanol–water partition coefficient (Wildman–Crippen LogP) is 4.31. The van der Waals surface area contributed by atoms with Crippen LogP contribution in [0.3, 0.4) is 0 Å². The van der Waals surface area contributed by atoms with Crippen LogP contribution in [0.2, 0.25) is 5.02 Å². The standard InChI is InChI=1S/C18H18ClN3O3S/c1-4-25-17(24)16-10(3)20-9(2)15(16)14(23)8-26-18-21-12-6-5-11(19)7-13(12)22-18/h5-7,20H,4,8H2,1-3H3,(H,21,22). The fourth-order valence-electron chi connectivity index (χ4n) is 2.82. The lowest BCUT2D eigenvalue weighted by molar-refractivity contribution is 0.0522. The number of H-pyrrole nitrogens is 2. The van der Waals surface area contributed by atoms with E-state index in [-0.39, 0.29) is 18.1 Å². The van der Waals surface area contributed by atoms with Gasteiger partial charge in [0.25, 0.3) is 0 Å². The summed E-state index contributed by atoms with van der Waals surface area (Å²) in [4.78, 5) is 35.6. The predicted molar refractivity (Wildman–Crippen MR) is 102 cm³/mol. The number of halogens is 1. The van der Waals surface area contributed by atoms with Crippen LogP contribution in [0.4, 0.5) is 0 Å². The molecule has 2 N–H and O–H groups in total. The number of carbonyl (C=O) groups is 2. The SMILES string of the molecule is CCOC(=O)c1c(C)[nH]c(C)c1C(=O)CSc1nc2ccc(Cl)cc2[nH]1. The molecule has 0 aliphatic rings. The van der Waals surface area contributed by atoms with Crippen molar-refractivity contribution in [3.8, 4) is 0 Å². The van der Waals surface area contributed by atoms with Crippen molar-refractivity contribution >= 4 is 46.1 Å². The number of fused-ring (bicyclic) bond motifs is 1. The van der Waals surface area contributed by atoms with Gasteiger partial charge in [-0.15, -0.1) is 0 Å². The van der Waals surface area contributed by atoms with Crippen LogP contribution in [0.25, 0.3) is 11.0 Å². The largest absolute Gasteiger partial charge is 0.462 e. The summed E-state index contributed by atoms with van der Waals surface area (Å²) >= 11 is 7.25. The lowest BCUT2D eigenvalue weighted by Crippen LogP contribution is -2.13. The van der Waals surface area contributed by atoms with Crippen LogP contribution in [0.15, 0.2) is 23.4 Å². The van der Waals surface area contributed by atoms with Gasteiger partial charge in [-0.1, -0.05) is 23.4 Å². The van der Waals surface area contributed by atoms with Crippen LogP contribution >= 0.6 is 23.4 Å². The summed E-state index contributed by atoms with van der Waals surface area (Å²) in [5, 5.41) is 1.24. The molecule has 0 atom stereocenters. The van der Waals surface area contributed by atoms with Crippen LogP contribution in [0.5, 0.6) is 0 Å². The number of imidazole rings is 1. The Bertz CT molecular complexity index is 993. The quantitative estimate of drug-likeness (QED) is 0.371. The zero-order chi connectivity index (χ0) is 18.8. The molecular weight excluding hydrogens is 374 g/mol. The van der Waals surface area contributed by atoms with Gasteiger partial charge >= 0.3 is 5.97 Å². The number of rotatable bonds is 6. The van der Waals surface area contributed by atoms with Gasteiger partial charge in [0, 0.05) is 16.4 Å². The Balaban J connectivity index is 1.80. The molecule has 0 aliphatic carbocycles. The maximum atomic E-state index is 12.7. The zero-order valence-corrected chi connectivity index (χ0v) is 16.2. The van der Waals surface area contributed by atoms with E-state index in [0.717, 1.165) is 11.0 Å². The number of hydrogen-bond acceptors (Lipinski definition) is 5. The van der Waals surface area contributed by atoms with Crippen molar-refractivity contribution in [1.82, 2.24) is 15.0 Å². The number of nitrogens with one attached hydrogen (secondary N) is 2. The molecule has 0 saturated heterocycles. The van der Waals surface area contributed by atoms with Gasteiger partial charge in [0.1, 0.15) is 0 Å². The summed E-state index contributed by atoms with van der Waals surface area (Å²) in [6, 6.07) is 5.37. The summed E-state index contributed by atoms with van der Waals surface area (Å²) in [7, 11) is 0. The molecule has 2 heterocycles.